The number of hydrogen-bond acceptors (Lipinski definition) is 4. The molecule has 0 unspecified atom stereocenters. The third kappa shape index (κ3) is 2.42. The van der Waals surface area contributed by atoms with E-state index in [9.17, 15) is 0 Å². The van der Waals surface area contributed by atoms with Crippen molar-refractivity contribution in [3.63, 3.8) is 0 Å². The third-order valence-electron chi connectivity index (χ3n) is 4.40. The molecule has 1 aliphatic heterocycles. The molecule has 22 heavy (non-hydrogen) atoms. The van der Waals surface area contributed by atoms with Crippen molar-refractivity contribution in [2.75, 3.05) is 7.11 Å². The van der Waals surface area contributed by atoms with Crippen LogP contribution in [0.1, 0.15) is 27.7 Å². The molecule has 1 aromatic carbocycles. The first-order valence-electron chi connectivity index (χ1n) is 7.38. The Labute approximate surface area is 131 Å². The summed E-state index contributed by atoms with van der Waals surface area (Å²) in [6, 6.07) is 10.4. The van der Waals surface area contributed by atoms with Crippen LogP contribution < -0.4 is 10.3 Å². The van der Waals surface area contributed by atoms with Crippen LogP contribution >= 0.6 is 0 Å². The summed E-state index contributed by atoms with van der Waals surface area (Å²) in [6.45, 7) is 8.10. The van der Waals surface area contributed by atoms with E-state index in [1.807, 2.05) is 68.8 Å². The summed E-state index contributed by atoms with van der Waals surface area (Å²) in [5.41, 5.74) is 0.914. The number of aromatic nitrogens is 2. The molecule has 6 heteroatoms. The van der Waals surface area contributed by atoms with Gasteiger partial charge in [0.2, 0.25) is 0 Å². The molecular weight excluding hydrogens is 279 g/mol. The van der Waals surface area contributed by atoms with Crippen LogP contribution in [0.4, 0.5) is 0 Å². The number of rotatable bonds is 3. The van der Waals surface area contributed by atoms with E-state index in [1.54, 1.807) is 7.11 Å². The van der Waals surface area contributed by atoms with E-state index in [4.69, 9.17) is 14.0 Å². The molecule has 0 spiro atoms. The summed E-state index contributed by atoms with van der Waals surface area (Å²) in [5.74, 6) is 0. The molecule has 0 aliphatic carbocycles. The second-order valence-corrected chi connectivity index (χ2v) is 6.45. The van der Waals surface area contributed by atoms with Crippen LogP contribution in [0, 0.1) is 0 Å². The van der Waals surface area contributed by atoms with Gasteiger partial charge in [0.05, 0.1) is 29.6 Å². The molecule has 116 valence electrons. The molecule has 2 aromatic rings. The first-order valence-corrected chi connectivity index (χ1v) is 7.38. The van der Waals surface area contributed by atoms with Crippen molar-refractivity contribution < 1.29 is 14.0 Å². The van der Waals surface area contributed by atoms with Crippen molar-refractivity contribution in [3.05, 3.63) is 36.5 Å². The quantitative estimate of drug-likeness (QED) is 0.815. The van der Waals surface area contributed by atoms with E-state index in [1.165, 1.54) is 0 Å². The van der Waals surface area contributed by atoms with Crippen molar-refractivity contribution in [2.45, 2.75) is 38.9 Å². The van der Waals surface area contributed by atoms with E-state index in [2.05, 4.69) is 4.98 Å². The van der Waals surface area contributed by atoms with Crippen LogP contribution in [0.2, 0.25) is 0 Å². The van der Waals surface area contributed by atoms with E-state index < -0.39 is 7.12 Å². The Hall–Kier alpha value is -1.79. The summed E-state index contributed by atoms with van der Waals surface area (Å²) < 4.78 is 19.4. The predicted octanol–water partition coefficient (Wildman–Crippen LogP) is 2.18. The molecule has 0 radical (unpaired) electrons. The lowest BCUT2D eigenvalue weighted by molar-refractivity contribution is 0.00578. The Morgan fingerprint density at radius 1 is 1.05 bits per heavy atom. The summed E-state index contributed by atoms with van der Waals surface area (Å²) in [4.78, 5) is 4.51. The van der Waals surface area contributed by atoms with Crippen LogP contribution in [0.3, 0.4) is 0 Å². The van der Waals surface area contributed by atoms with Gasteiger partial charge in [0.15, 0.2) is 0 Å². The van der Waals surface area contributed by atoms with Gasteiger partial charge in [-0.3, -0.25) is 4.57 Å². The lowest BCUT2D eigenvalue weighted by Gasteiger charge is -2.32. The zero-order chi connectivity index (χ0) is 16.0. The molecule has 0 amide bonds. The molecule has 0 atom stereocenters. The average molecular weight is 300 g/mol. The van der Waals surface area contributed by atoms with Crippen molar-refractivity contribution in [3.8, 4) is 11.7 Å². The second kappa shape index (κ2) is 5.14. The Kier molecular flexibility index (Phi) is 3.53. The maximum Gasteiger partial charge on any atom is 0.516 e. The number of nitrogens with zero attached hydrogens (tertiary/aromatic N) is 2. The molecule has 5 nitrogen and oxygen atoms in total. The average Bonchev–Trinajstić information content (AvgIpc) is 2.99. The minimum absolute atomic E-state index is 0.387. The fourth-order valence-electron chi connectivity index (χ4n) is 2.38. The summed E-state index contributed by atoms with van der Waals surface area (Å²) in [6.07, 6.45) is 1.90. The largest absolute Gasteiger partial charge is 0.516 e. The SMILES string of the molecule is COc1nc(B2OC(C)(C)C(C)(C)O2)cn1-c1ccccc1. The Balaban J connectivity index is 1.96. The van der Waals surface area contributed by atoms with Crippen molar-refractivity contribution in [1.29, 1.82) is 0 Å². The first-order chi connectivity index (χ1) is 10.3. The first kappa shape index (κ1) is 15.1. The summed E-state index contributed by atoms with van der Waals surface area (Å²) in [7, 11) is 1.11. The van der Waals surface area contributed by atoms with E-state index in [0.717, 1.165) is 5.69 Å². The van der Waals surface area contributed by atoms with Gasteiger partial charge in [0.25, 0.3) is 6.01 Å². The minimum Gasteiger partial charge on any atom is -0.468 e. The van der Waals surface area contributed by atoms with Gasteiger partial charge in [-0.05, 0) is 39.8 Å². The van der Waals surface area contributed by atoms with Crippen LogP contribution in [0.25, 0.3) is 5.69 Å². The van der Waals surface area contributed by atoms with E-state index in [-0.39, 0.29) is 11.2 Å². The maximum absolute atomic E-state index is 6.05. The van der Waals surface area contributed by atoms with Crippen molar-refractivity contribution in [2.24, 2.45) is 0 Å². The van der Waals surface area contributed by atoms with Gasteiger partial charge >= 0.3 is 7.12 Å². The smallest absolute Gasteiger partial charge is 0.468 e. The summed E-state index contributed by atoms with van der Waals surface area (Å²) in [5, 5.41) is 0. The normalized spacial score (nSPS) is 19.4. The zero-order valence-electron chi connectivity index (χ0n) is 13.7. The lowest BCUT2D eigenvalue weighted by Crippen LogP contribution is -2.41. The number of imidazole rings is 1. The van der Waals surface area contributed by atoms with Crippen molar-refractivity contribution in [1.82, 2.24) is 9.55 Å². The fraction of sp³-hybridized carbons (Fsp3) is 0.438. The number of benzene rings is 1. The number of ether oxygens (including phenoxy) is 1. The van der Waals surface area contributed by atoms with Crippen LogP contribution in [-0.2, 0) is 9.31 Å². The highest BCUT2D eigenvalue weighted by atomic mass is 16.7. The number of para-hydroxylation sites is 1. The lowest BCUT2D eigenvalue weighted by atomic mass is 9.86. The topological polar surface area (TPSA) is 45.5 Å². The fourth-order valence-corrected chi connectivity index (χ4v) is 2.38. The van der Waals surface area contributed by atoms with Gasteiger partial charge in [-0.1, -0.05) is 18.2 Å². The van der Waals surface area contributed by atoms with Gasteiger partial charge in [0, 0.05) is 6.20 Å². The minimum atomic E-state index is -0.496. The van der Waals surface area contributed by atoms with Crippen LogP contribution in [0.15, 0.2) is 36.5 Å². The Bertz CT molecular complexity index is 651. The number of methoxy groups -OCH3 is 1. The predicted molar refractivity (Wildman–Crippen MR) is 85.8 cm³/mol. The number of hydrogen-bond donors (Lipinski definition) is 0. The molecule has 3 rings (SSSR count). The Morgan fingerprint density at radius 3 is 2.18 bits per heavy atom. The molecule has 1 saturated heterocycles. The maximum atomic E-state index is 6.05. The van der Waals surface area contributed by atoms with Gasteiger partial charge in [-0.2, -0.15) is 0 Å². The van der Waals surface area contributed by atoms with Gasteiger partial charge in [0.1, 0.15) is 0 Å². The second-order valence-electron chi connectivity index (χ2n) is 6.45. The molecule has 1 fully saturated rings. The van der Waals surface area contributed by atoms with Gasteiger partial charge in [-0.25, -0.2) is 4.98 Å². The van der Waals surface area contributed by atoms with Crippen LogP contribution in [0.5, 0.6) is 6.01 Å². The van der Waals surface area contributed by atoms with E-state index >= 15 is 0 Å². The molecular formula is C16H21BN2O3. The molecule has 0 bridgehead atoms. The van der Waals surface area contributed by atoms with Crippen LogP contribution in [-0.4, -0.2) is 35.0 Å². The van der Waals surface area contributed by atoms with Gasteiger partial charge < -0.3 is 14.0 Å². The monoisotopic (exact) mass is 300 g/mol. The van der Waals surface area contributed by atoms with E-state index in [0.29, 0.717) is 11.6 Å². The molecule has 0 N–H and O–H groups in total. The molecule has 2 heterocycles. The molecule has 1 aliphatic rings. The molecule has 1 aromatic heterocycles. The van der Waals surface area contributed by atoms with Crippen molar-refractivity contribution >= 4 is 12.7 Å². The highest BCUT2D eigenvalue weighted by Gasteiger charge is 2.52. The van der Waals surface area contributed by atoms with Gasteiger partial charge in [-0.15, -0.1) is 0 Å². The standard InChI is InChI=1S/C16H21BN2O3/c1-15(2)16(3,4)22-17(21-15)13-11-19(14(18-13)20-5)12-9-7-6-8-10-12/h6-11H,1-5H3. The Morgan fingerprint density at radius 2 is 1.64 bits per heavy atom. The highest BCUT2D eigenvalue weighted by Crippen LogP contribution is 2.36. The molecule has 0 saturated carbocycles. The zero-order valence-corrected chi connectivity index (χ0v) is 13.7. The summed E-state index contributed by atoms with van der Waals surface area (Å²) >= 11 is 0. The third-order valence-corrected chi connectivity index (χ3v) is 4.40. The highest BCUT2D eigenvalue weighted by molar-refractivity contribution is 6.61.